The van der Waals surface area contributed by atoms with E-state index < -0.39 is 8.32 Å². The van der Waals surface area contributed by atoms with Gasteiger partial charge >= 0.3 is 0 Å². The molecule has 0 aliphatic heterocycles. The Labute approximate surface area is 125 Å². The van der Waals surface area contributed by atoms with Gasteiger partial charge in [-0.05, 0) is 29.0 Å². The fraction of sp³-hybridized carbons (Fsp3) is 0.824. The first-order chi connectivity index (χ1) is 9.29. The molecule has 0 amide bonds. The van der Waals surface area contributed by atoms with Crippen LogP contribution < -0.4 is 0 Å². The third-order valence-corrected chi connectivity index (χ3v) is 11.5. The van der Waals surface area contributed by atoms with Crippen LogP contribution in [0.3, 0.4) is 0 Å². The van der Waals surface area contributed by atoms with Crippen LogP contribution in [0.1, 0.15) is 54.4 Å². The smallest absolute Gasteiger partial charge is 0.201 e. The Morgan fingerprint density at radius 3 is 2.10 bits per heavy atom. The summed E-state index contributed by atoms with van der Waals surface area (Å²) in [6.07, 6.45) is 6.12. The summed E-state index contributed by atoms with van der Waals surface area (Å²) < 4.78 is 6.74. The molecule has 0 spiro atoms. The summed E-state index contributed by atoms with van der Waals surface area (Å²) in [5.41, 5.74) is 1.62. The minimum absolute atomic E-state index is 0.163. The van der Waals surface area contributed by atoms with Crippen LogP contribution in [0.4, 0.5) is 0 Å². The molecule has 0 heterocycles. The number of carbonyl (C=O) groups excluding carboxylic acids is 1. The Hall–Kier alpha value is -0.413. The number of hydrogen-bond donors (Lipinski definition) is 0. The van der Waals surface area contributed by atoms with Gasteiger partial charge in [0.25, 0.3) is 0 Å². The van der Waals surface area contributed by atoms with E-state index in [1.54, 1.807) is 0 Å². The van der Waals surface area contributed by atoms with Gasteiger partial charge in [0.1, 0.15) is 6.10 Å². The maximum Gasteiger partial charge on any atom is 0.201 e. The molecule has 1 saturated carbocycles. The van der Waals surface area contributed by atoms with Gasteiger partial charge in [-0.2, -0.15) is 0 Å². The number of allylic oxidation sites excluding steroid dienone is 1. The van der Waals surface area contributed by atoms with Gasteiger partial charge in [0.15, 0.2) is 5.78 Å². The van der Waals surface area contributed by atoms with Gasteiger partial charge in [-0.1, -0.05) is 53.7 Å². The standard InChI is InChI=1S/C17H30O2Si/c1-11(2)20(12(3)4,13(5)6)19-17-15-8-7-14(9-15)10-16(17)18/h7-8,11-15,17H,9-10H2,1-6H3. The Bertz CT molecular complexity index is 376. The van der Waals surface area contributed by atoms with Crippen LogP contribution >= 0.6 is 0 Å². The van der Waals surface area contributed by atoms with E-state index in [0.717, 1.165) is 6.42 Å². The predicted octanol–water partition coefficient (Wildman–Crippen LogP) is 4.71. The minimum atomic E-state index is -1.95. The van der Waals surface area contributed by atoms with Gasteiger partial charge in [-0.3, -0.25) is 4.79 Å². The average Bonchev–Trinajstić information content (AvgIpc) is 2.71. The van der Waals surface area contributed by atoms with Gasteiger partial charge in [0, 0.05) is 12.3 Å². The molecule has 0 N–H and O–H groups in total. The summed E-state index contributed by atoms with van der Waals surface area (Å²) >= 11 is 0. The molecule has 0 radical (unpaired) electrons. The highest BCUT2D eigenvalue weighted by atomic mass is 28.4. The molecule has 2 bridgehead atoms. The molecule has 2 rings (SSSR count). The molecule has 0 aromatic heterocycles. The summed E-state index contributed by atoms with van der Waals surface area (Å²) in [6.45, 7) is 13.7. The monoisotopic (exact) mass is 294 g/mol. The van der Waals surface area contributed by atoms with E-state index in [-0.39, 0.29) is 6.10 Å². The molecule has 3 heteroatoms. The zero-order chi connectivity index (χ0) is 15.1. The summed E-state index contributed by atoms with van der Waals surface area (Å²) in [5.74, 6) is 1.17. The van der Waals surface area contributed by atoms with Crippen LogP contribution in [-0.4, -0.2) is 20.2 Å². The maximum absolute atomic E-state index is 12.5. The number of carbonyl (C=O) groups is 1. The van der Waals surface area contributed by atoms with E-state index in [4.69, 9.17) is 4.43 Å². The van der Waals surface area contributed by atoms with Crippen molar-refractivity contribution in [2.24, 2.45) is 11.8 Å². The van der Waals surface area contributed by atoms with Crippen LogP contribution in [0, 0.1) is 11.8 Å². The molecule has 0 saturated heterocycles. The first kappa shape index (κ1) is 16.0. The van der Waals surface area contributed by atoms with Crippen molar-refractivity contribution < 1.29 is 9.22 Å². The Morgan fingerprint density at radius 2 is 1.60 bits per heavy atom. The quantitative estimate of drug-likeness (QED) is 0.542. The lowest BCUT2D eigenvalue weighted by molar-refractivity contribution is -0.131. The van der Waals surface area contributed by atoms with Crippen LogP contribution in [0.2, 0.25) is 16.6 Å². The zero-order valence-corrected chi connectivity index (χ0v) is 14.8. The van der Waals surface area contributed by atoms with Gasteiger partial charge in [0.05, 0.1) is 0 Å². The molecule has 2 aliphatic rings. The first-order valence-electron chi connectivity index (χ1n) is 8.17. The van der Waals surface area contributed by atoms with E-state index in [9.17, 15) is 4.79 Å². The Kier molecular flexibility index (Phi) is 4.60. The van der Waals surface area contributed by atoms with E-state index in [2.05, 4.69) is 53.7 Å². The van der Waals surface area contributed by atoms with Crippen molar-refractivity contribution in [3.63, 3.8) is 0 Å². The van der Waals surface area contributed by atoms with Gasteiger partial charge in [0.2, 0.25) is 8.32 Å². The molecular weight excluding hydrogens is 264 g/mol. The van der Waals surface area contributed by atoms with Gasteiger partial charge in [-0.15, -0.1) is 0 Å². The normalized spacial score (nSPS) is 30.1. The number of Topliss-reactive ketones (excluding diaryl/α,β-unsaturated/α-hetero) is 1. The van der Waals surface area contributed by atoms with E-state index in [1.807, 2.05) is 0 Å². The number of hydrogen-bond acceptors (Lipinski definition) is 2. The number of ketones is 1. The van der Waals surface area contributed by atoms with Crippen molar-refractivity contribution in [3.8, 4) is 0 Å². The van der Waals surface area contributed by atoms with Gasteiger partial charge in [-0.25, -0.2) is 0 Å². The average molecular weight is 295 g/mol. The second kappa shape index (κ2) is 5.76. The minimum Gasteiger partial charge on any atom is -0.406 e. The van der Waals surface area contributed by atoms with Crippen molar-refractivity contribution in [1.82, 2.24) is 0 Å². The highest BCUT2D eigenvalue weighted by Crippen LogP contribution is 2.46. The molecule has 1 fully saturated rings. The molecule has 114 valence electrons. The lowest BCUT2D eigenvalue weighted by atomic mass is 9.85. The number of rotatable bonds is 5. The van der Waals surface area contributed by atoms with E-state index >= 15 is 0 Å². The summed E-state index contributed by atoms with van der Waals surface area (Å²) in [7, 11) is -1.95. The predicted molar refractivity (Wildman–Crippen MR) is 86.3 cm³/mol. The van der Waals surface area contributed by atoms with Crippen LogP contribution in [-0.2, 0) is 9.22 Å². The zero-order valence-electron chi connectivity index (χ0n) is 13.8. The van der Waals surface area contributed by atoms with Gasteiger partial charge < -0.3 is 4.43 Å². The van der Waals surface area contributed by atoms with Crippen LogP contribution in [0.25, 0.3) is 0 Å². The second-order valence-corrected chi connectivity index (χ2v) is 13.0. The van der Waals surface area contributed by atoms with Crippen molar-refractivity contribution >= 4 is 14.1 Å². The highest BCUT2D eigenvalue weighted by Gasteiger charge is 2.50. The van der Waals surface area contributed by atoms with Crippen molar-refractivity contribution in [2.75, 3.05) is 0 Å². The fourth-order valence-electron chi connectivity index (χ4n) is 4.58. The Morgan fingerprint density at radius 1 is 1.05 bits per heavy atom. The SMILES string of the molecule is CC(C)[Si](OC1C(=O)CC2C=CC1C2)(C(C)C)C(C)C. The lowest BCUT2D eigenvalue weighted by Crippen LogP contribution is -2.53. The summed E-state index contributed by atoms with van der Waals surface area (Å²) in [6, 6.07) is 0. The molecule has 3 unspecified atom stereocenters. The topological polar surface area (TPSA) is 26.3 Å². The molecule has 0 aromatic rings. The maximum atomic E-state index is 12.5. The molecule has 3 atom stereocenters. The van der Waals surface area contributed by atoms with Crippen molar-refractivity contribution in [1.29, 1.82) is 0 Å². The molecule has 0 aromatic carbocycles. The second-order valence-electron chi connectivity index (χ2n) is 7.57. The van der Waals surface area contributed by atoms with E-state index in [1.165, 1.54) is 0 Å². The third-order valence-electron chi connectivity index (χ3n) is 5.41. The molecular formula is C17H30O2Si. The molecule has 2 aliphatic carbocycles. The number of fused-ring (bicyclic) bond motifs is 2. The van der Waals surface area contributed by atoms with E-state index in [0.29, 0.717) is 40.7 Å². The largest absolute Gasteiger partial charge is 0.406 e. The summed E-state index contributed by atoms with van der Waals surface area (Å²) in [4.78, 5) is 12.5. The highest BCUT2D eigenvalue weighted by molar-refractivity contribution is 6.77. The third kappa shape index (κ3) is 2.55. The molecule has 2 nitrogen and oxygen atoms in total. The fourth-order valence-corrected chi connectivity index (χ4v) is 10.1. The lowest BCUT2D eigenvalue weighted by Gasteiger charge is -2.46. The van der Waals surface area contributed by atoms with Crippen molar-refractivity contribution in [2.45, 2.75) is 77.1 Å². The van der Waals surface area contributed by atoms with Crippen LogP contribution in [0.5, 0.6) is 0 Å². The summed E-state index contributed by atoms with van der Waals surface area (Å²) in [5, 5.41) is 0. The Balaban J connectivity index is 2.27. The van der Waals surface area contributed by atoms with Crippen molar-refractivity contribution in [3.05, 3.63) is 12.2 Å². The molecule has 20 heavy (non-hydrogen) atoms. The van der Waals surface area contributed by atoms with Crippen LogP contribution in [0.15, 0.2) is 12.2 Å². The first-order valence-corrected chi connectivity index (χ1v) is 10.3.